The summed E-state index contributed by atoms with van der Waals surface area (Å²) in [6.07, 6.45) is 1.91. The summed E-state index contributed by atoms with van der Waals surface area (Å²) in [4.78, 5) is 14.9. The lowest BCUT2D eigenvalue weighted by atomic mass is 10.0. The van der Waals surface area contributed by atoms with Crippen LogP contribution in [0.5, 0.6) is 11.5 Å². The first-order valence-corrected chi connectivity index (χ1v) is 12.6. The minimum Gasteiger partial charge on any atom is -0.486 e. The normalized spacial score (nSPS) is 17.2. The third kappa shape index (κ3) is 5.22. The van der Waals surface area contributed by atoms with Crippen LogP contribution < -0.4 is 14.8 Å². The molecule has 2 aliphatic heterocycles. The molecule has 2 aromatic carbocycles. The molecular weight excluding hydrogens is 463 g/mol. The monoisotopic (exact) mass is 486 g/mol. The molecule has 0 radical (unpaired) electrons. The topological polar surface area (TPSA) is 76.6 Å². The Balaban J connectivity index is 1.16. The molecule has 1 saturated heterocycles. The molecule has 0 bridgehead atoms. The van der Waals surface area contributed by atoms with Gasteiger partial charge in [0.2, 0.25) is 11.0 Å². The Morgan fingerprint density at radius 2 is 1.97 bits per heavy atom. The Morgan fingerprint density at radius 1 is 1.15 bits per heavy atom. The van der Waals surface area contributed by atoms with E-state index in [-0.39, 0.29) is 17.8 Å². The van der Waals surface area contributed by atoms with Crippen molar-refractivity contribution in [3.8, 4) is 11.5 Å². The maximum absolute atomic E-state index is 13.0. The first-order chi connectivity index (χ1) is 16.2. The van der Waals surface area contributed by atoms with Gasteiger partial charge in [-0.3, -0.25) is 4.79 Å². The first kappa shape index (κ1) is 22.0. The summed E-state index contributed by atoms with van der Waals surface area (Å²) in [5.74, 6) is 1.66. The third-order valence-electron chi connectivity index (χ3n) is 5.61. The van der Waals surface area contributed by atoms with Crippen molar-refractivity contribution in [3.63, 3.8) is 0 Å². The highest BCUT2D eigenvalue weighted by Crippen LogP contribution is 2.38. The predicted octanol–water partition coefficient (Wildman–Crippen LogP) is 4.52. The smallest absolute Gasteiger partial charge is 0.233 e. The number of amides is 1. The van der Waals surface area contributed by atoms with Gasteiger partial charge in [-0.15, -0.1) is 10.2 Å². The number of carbonyl (C=O) groups is 1. The summed E-state index contributed by atoms with van der Waals surface area (Å²) in [5.41, 5.74) is 2.04. The van der Waals surface area contributed by atoms with E-state index in [1.54, 1.807) is 12.1 Å². The Morgan fingerprint density at radius 3 is 2.82 bits per heavy atom. The van der Waals surface area contributed by atoms with Crippen LogP contribution in [0.2, 0.25) is 0 Å². The van der Waals surface area contributed by atoms with Crippen LogP contribution in [0.4, 0.5) is 9.52 Å². The van der Waals surface area contributed by atoms with Crippen LogP contribution in [-0.2, 0) is 11.3 Å². The van der Waals surface area contributed by atoms with Gasteiger partial charge in [-0.05, 0) is 48.2 Å². The van der Waals surface area contributed by atoms with Gasteiger partial charge in [0, 0.05) is 13.1 Å². The number of ether oxygens (including phenoxy) is 2. The maximum atomic E-state index is 13.0. The van der Waals surface area contributed by atoms with Crippen LogP contribution in [0.1, 0.15) is 30.0 Å². The van der Waals surface area contributed by atoms with Crippen molar-refractivity contribution < 1.29 is 18.7 Å². The number of halogens is 1. The standard InChI is InChI=1S/C23H23FN4O3S2/c24-17-6-3-15(4-7-17)13-25-22-26-27-23(33-22)32-14-21(29)28-9-1-2-18(28)16-5-8-19-20(12-16)31-11-10-30-19/h3-8,12,18H,1-2,9-11,13-14H2,(H,25,26)/t18-/m1/s1. The second kappa shape index (κ2) is 9.96. The number of hydrogen-bond acceptors (Lipinski definition) is 8. The van der Waals surface area contributed by atoms with E-state index >= 15 is 0 Å². The van der Waals surface area contributed by atoms with E-state index in [0.717, 1.165) is 46.4 Å². The highest BCUT2D eigenvalue weighted by Gasteiger charge is 2.31. The number of rotatable bonds is 7. The van der Waals surface area contributed by atoms with E-state index in [9.17, 15) is 9.18 Å². The fraction of sp³-hybridized carbons (Fsp3) is 0.348. The molecular formula is C23H23FN4O3S2. The van der Waals surface area contributed by atoms with E-state index in [4.69, 9.17) is 9.47 Å². The number of nitrogens with zero attached hydrogens (tertiary/aromatic N) is 3. The van der Waals surface area contributed by atoms with Gasteiger partial charge in [-0.25, -0.2) is 4.39 Å². The van der Waals surface area contributed by atoms with Crippen molar-refractivity contribution in [1.29, 1.82) is 0 Å². The van der Waals surface area contributed by atoms with E-state index in [0.29, 0.717) is 30.6 Å². The predicted molar refractivity (Wildman–Crippen MR) is 125 cm³/mol. The Bertz CT molecular complexity index is 1130. The molecule has 10 heteroatoms. The van der Waals surface area contributed by atoms with Gasteiger partial charge in [-0.2, -0.15) is 0 Å². The van der Waals surface area contributed by atoms with Gasteiger partial charge in [0.15, 0.2) is 15.8 Å². The quantitative estimate of drug-likeness (QED) is 0.492. The Hall–Kier alpha value is -2.85. The molecule has 1 fully saturated rings. The van der Waals surface area contributed by atoms with Gasteiger partial charge in [0.05, 0.1) is 11.8 Å². The van der Waals surface area contributed by atoms with E-state index in [1.165, 1.54) is 35.2 Å². The van der Waals surface area contributed by atoms with Crippen molar-refractivity contribution in [2.45, 2.75) is 29.8 Å². The molecule has 0 aliphatic carbocycles. The fourth-order valence-corrected chi connectivity index (χ4v) is 5.64. The SMILES string of the molecule is O=C(CSc1nnc(NCc2ccc(F)cc2)s1)N1CCC[C@@H]1c1ccc2c(c1)OCCO2. The van der Waals surface area contributed by atoms with Gasteiger partial charge >= 0.3 is 0 Å². The molecule has 1 N–H and O–H groups in total. The molecule has 1 atom stereocenters. The minimum atomic E-state index is -0.257. The zero-order valence-corrected chi connectivity index (χ0v) is 19.5. The summed E-state index contributed by atoms with van der Waals surface area (Å²) in [7, 11) is 0. The van der Waals surface area contributed by atoms with Crippen LogP contribution in [0.25, 0.3) is 0 Å². The number of nitrogens with one attached hydrogen (secondary N) is 1. The molecule has 0 unspecified atom stereocenters. The third-order valence-corrected chi connectivity index (χ3v) is 7.61. The minimum absolute atomic E-state index is 0.0521. The highest BCUT2D eigenvalue weighted by atomic mass is 32.2. The molecule has 5 rings (SSSR count). The molecule has 7 nitrogen and oxygen atoms in total. The number of thioether (sulfide) groups is 1. The summed E-state index contributed by atoms with van der Waals surface area (Å²) < 4.78 is 25.1. The summed E-state index contributed by atoms with van der Waals surface area (Å²) in [6.45, 7) is 2.39. The molecule has 0 spiro atoms. The highest BCUT2D eigenvalue weighted by molar-refractivity contribution is 8.01. The number of benzene rings is 2. The maximum Gasteiger partial charge on any atom is 0.233 e. The largest absolute Gasteiger partial charge is 0.486 e. The van der Waals surface area contributed by atoms with Gasteiger partial charge in [0.25, 0.3) is 0 Å². The lowest BCUT2D eigenvalue weighted by Crippen LogP contribution is -2.32. The number of anilines is 1. The second-order valence-corrected chi connectivity index (χ2v) is 9.99. The summed E-state index contributed by atoms with van der Waals surface area (Å²) >= 11 is 2.81. The number of likely N-dealkylation sites (tertiary alicyclic amines) is 1. The molecule has 1 aromatic heterocycles. The molecule has 0 saturated carbocycles. The average Bonchev–Trinajstić information content (AvgIpc) is 3.52. The number of carbonyl (C=O) groups excluding carboxylic acids is 1. The molecule has 2 aliphatic rings. The average molecular weight is 487 g/mol. The number of hydrogen-bond donors (Lipinski definition) is 1. The van der Waals surface area contributed by atoms with E-state index < -0.39 is 0 Å². The van der Waals surface area contributed by atoms with Crippen molar-refractivity contribution in [1.82, 2.24) is 15.1 Å². The van der Waals surface area contributed by atoms with Crippen LogP contribution in [0.3, 0.4) is 0 Å². The van der Waals surface area contributed by atoms with E-state index in [2.05, 4.69) is 15.5 Å². The molecule has 172 valence electrons. The van der Waals surface area contributed by atoms with Gasteiger partial charge in [-0.1, -0.05) is 41.3 Å². The summed E-state index contributed by atoms with van der Waals surface area (Å²) in [5, 5.41) is 12.2. The fourth-order valence-electron chi connectivity index (χ4n) is 4.00. The van der Waals surface area contributed by atoms with Crippen LogP contribution in [0.15, 0.2) is 46.8 Å². The van der Waals surface area contributed by atoms with Gasteiger partial charge in [0.1, 0.15) is 19.0 Å². The van der Waals surface area contributed by atoms with Gasteiger partial charge < -0.3 is 19.7 Å². The molecule has 1 amide bonds. The zero-order valence-electron chi connectivity index (χ0n) is 17.8. The molecule has 33 heavy (non-hydrogen) atoms. The van der Waals surface area contributed by atoms with Crippen molar-refractivity contribution in [3.05, 3.63) is 59.4 Å². The summed E-state index contributed by atoms with van der Waals surface area (Å²) in [6, 6.07) is 12.3. The van der Waals surface area contributed by atoms with Crippen LogP contribution >= 0.6 is 23.1 Å². The van der Waals surface area contributed by atoms with Crippen molar-refractivity contribution in [2.24, 2.45) is 0 Å². The molecule has 3 heterocycles. The number of aromatic nitrogens is 2. The zero-order chi connectivity index (χ0) is 22.6. The second-order valence-electron chi connectivity index (χ2n) is 7.79. The van der Waals surface area contributed by atoms with Crippen molar-refractivity contribution >= 4 is 34.1 Å². The van der Waals surface area contributed by atoms with E-state index in [1.807, 2.05) is 23.1 Å². The first-order valence-electron chi connectivity index (χ1n) is 10.8. The lowest BCUT2D eigenvalue weighted by Gasteiger charge is -2.26. The lowest BCUT2D eigenvalue weighted by molar-refractivity contribution is -0.129. The van der Waals surface area contributed by atoms with Crippen LogP contribution in [0, 0.1) is 5.82 Å². The van der Waals surface area contributed by atoms with Crippen molar-refractivity contribution in [2.75, 3.05) is 30.8 Å². The Kier molecular flexibility index (Phi) is 6.63. The number of fused-ring (bicyclic) bond motifs is 1. The molecule has 3 aromatic rings. The Labute approximate surface area is 199 Å². The van der Waals surface area contributed by atoms with Crippen LogP contribution in [-0.4, -0.2) is 46.5 Å².